The maximum atomic E-state index is 12.5. The lowest BCUT2D eigenvalue weighted by Gasteiger charge is -2.07. The summed E-state index contributed by atoms with van der Waals surface area (Å²) in [5.41, 5.74) is 1.49. The number of pyridine rings is 1. The number of sulfonamides is 1. The first kappa shape index (κ1) is 18.1. The molecule has 2 aromatic rings. The molecule has 0 spiro atoms. The maximum Gasteiger partial charge on any atom is 0.354 e. The van der Waals surface area contributed by atoms with Crippen LogP contribution in [0.4, 0.5) is 0 Å². The Labute approximate surface area is 140 Å². The van der Waals surface area contributed by atoms with E-state index in [9.17, 15) is 13.2 Å². The monoisotopic (exact) mass is 352 g/mol. The van der Waals surface area contributed by atoms with Crippen molar-refractivity contribution in [3.05, 3.63) is 41.0 Å². The van der Waals surface area contributed by atoms with E-state index in [1.54, 1.807) is 30.7 Å². The van der Waals surface area contributed by atoms with E-state index >= 15 is 0 Å². The van der Waals surface area contributed by atoms with Crippen molar-refractivity contribution in [1.82, 2.24) is 19.5 Å². The van der Waals surface area contributed by atoms with Crippen LogP contribution in [-0.4, -0.2) is 40.8 Å². The first-order valence-electron chi connectivity index (χ1n) is 7.49. The van der Waals surface area contributed by atoms with Crippen molar-refractivity contribution in [3.8, 4) is 0 Å². The second kappa shape index (κ2) is 7.10. The molecule has 0 amide bonds. The smallest absolute Gasteiger partial charge is 0.354 e. The number of hydrogen-bond acceptors (Lipinski definition) is 5. The van der Waals surface area contributed by atoms with E-state index < -0.39 is 16.0 Å². The Kier molecular flexibility index (Phi) is 5.35. The van der Waals surface area contributed by atoms with Crippen molar-refractivity contribution in [2.75, 3.05) is 6.54 Å². The topological polar surface area (TPSA) is 114 Å². The van der Waals surface area contributed by atoms with Crippen LogP contribution in [0.15, 0.2) is 23.1 Å². The zero-order valence-corrected chi connectivity index (χ0v) is 14.6. The van der Waals surface area contributed by atoms with Crippen LogP contribution in [-0.2, 0) is 23.0 Å². The summed E-state index contributed by atoms with van der Waals surface area (Å²) in [6, 6.07) is 4.63. The number of carbonyl (C=O) groups is 1. The fourth-order valence-electron chi connectivity index (χ4n) is 2.50. The molecule has 0 saturated carbocycles. The third-order valence-corrected chi connectivity index (χ3v) is 5.29. The van der Waals surface area contributed by atoms with Crippen LogP contribution in [0.3, 0.4) is 0 Å². The van der Waals surface area contributed by atoms with Gasteiger partial charge in [-0.1, -0.05) is 6.07 Å². The number of nitrogens with zero attached hydrogens (tertiary/aromatic N) is 3. The minimum absolute atomic E-state index is 0.0636. The number of nitrogens with one attached hydrogen (secondary N) is 1. The quantitative estimate of drug-likeness (QED) is 0.772. The molecule has 2 N–H and O–H groups in total. The number of rotatable bonds is 7. The highest BCUT2D eigenvalue weighted by atomic mass is 32.2. The van der Waals surface area contributed by atoms with Gasteiger partial charge in [0, 0.05) is 25.2 Å². The average Bonchev–Trinajstić information content (AvgIpc) is 2.82. The molecule has 0 saturated heterocycles. The predicted octanol–water partition coefficient (Wildman–Crippen LogP) is 1.13. The molecule has 2 aromatic heterocycles. The van der Waals surface area contributed by atoms with Crippen molar-refractivity contribution in [3.63, 3.8) is 0 Å². The fourth-order valence-corrected chi connectivity index (χ4v) is 3.94. The average molecular weight is 352 g/mol. The minimum Gasteiger partial charge on any atom is -0.477 e. The molecular formula is C15H20N4O4S. The Morgan fingerprint density at radius 3 is 2.62 bits per heavy atom. The van der Waals surface area contributed by atoms with Gasteiger partial charge < -0.3 is 5.11 Å². The summed E-state index contributed by atoms with van der Waals surface area (Å²) in [6.07, 6.45) is 0.292. The van der Waals surface area contributed by atoms with Crippen LogP contribution >= 0.6 is 0 Å². The van der Waals surface area contributed by atoms with Crippen molar-refractivity contribution in [2.45, 2.75) is 38.6 Å². The van der Waals surface area contributed by atoms with Gasteiger partial charge in [-0.25, -0.2) is 22.9 Å². The molecule has 0 aliphatic heterocycles. The highest BCUT2D eigenvalue weighted by molar-refractivity contribution is 7.89. The summed E-state index contributed by atoms with van der Waals surface area (Å²) in [6.45, 7) is 5.98. The molecule has 0 aliphatic rings. The molecule has 0 bridgehead atoms. The van der Waals surface area contributed by atoms with Crippen LogP contribution < -0.4 is 4.72 Å². The van der Waals surface area contributed by atoms with Gasteiger partial charge in [0.05, 0.1) is 11.4 Å². The Balaban J connectivity index is 2.10. The number of hydrogen-bond donors (Lipinski definition) is 2. The molecule has 0 unspecified atom stereocenters. The van der Waals surface area contributed by atoms with Gasteiger partial charge in [-0.05, 0) is 32.9 Å². The molecule has 0 radical (unpaired) electrons. The SMILES string of the molecule is CCn1nc(C)c(S(=O)(=O)NCCc2cccc(C(=O)O)n2)c1C. The standard InChI is InChI=1S/C15H20N4O4S/c1-4-19-11(3)14(10(2)18-19)24(22,23)16-9-8-12-6-5-7-13(17-12)15(20)21/h5-7,16H,4,8-9H2,1-3H3,(H,20,21). The first-order chi connectivity index (χ1) is 11.3. The van der Waals surface area contributed by atoms with Crippen LogP contribution in [0.1, 0.15) is 34.5 Å². The van der Waals surface area contributed by atoms with Crippen LogP contribution in [0.2, 0.25) is 0 Å². The Hall–Kier alpha value is -2.26. The van der Waals surface area contributed by atoms with Gasteiger partial charge in [-0.3, -0.25) is 4.68 Å². The number of aromatic nitrogens is 3. The van der Waals surface area contributed by atoms with Gasteiger partial charge in [-0.15, -0.1) is 0 Å². The lowest BCUT2D eigenvalue weighted by molar-refractivity contribution is 0.0690. The molecule has 0 aliphatic carbocycles. The Bertz CT molecular complexity index is 858. The first-order valence-corrected chi connectivity index (χ1v) is 8.97. The lowest BCUT2D eigenvalue weighted by Crippen LogP contribution is -2.27. The van der Waals surface area contributed by atoms with Gasteiger partial charge in [0.2, 0.25) is 10.0 Å². The van der Waals surface area contributed by atoms with Crippen molar-refractivity contribution >= 4 is 16.0 Å². The highest BCUT2D eigenvalue weighted by Gasteiger charge is 2.23. The van der Waals surface area contributed by atoms with E-state index in [1.807, 2.05) is 6.92 Å². The van der Waals surface area contributed by atoms with E-state index in [-0.39, 0.29) is 17.1 Å². The molecule has 0 aromatic carbocycles. The summed E-state index contributed by atoms with van der Waals surface area (Å²) in [5, 5.41) is 13.1. The number of aromatic carboxylic acids is 1. The molecular weight excluding hydrogens is 332 g/mol. The van der Waals surface area contributed by atoms with Crippen molar-refractivity contribution in [2.24, 2.45) is 0 Å². The van der Waals surface area contributed by atoms with Crippen molar-refractivity contribution in [1.29, 1.82) is 0 Å². The van der Waals surface area contributed by atoms with Gasteiger partial charge in [0.15, 0.2) is 0 Å². The zero-order chi connectivity index (χ0) is 17.9. The third-order valence-electron chi connectivity index (χ3n) is 3.58. The molecule has 130 valence electrons. The normalized spacial score (nSPS) is 11.6. The molecule has 2 rings (SSSR count). The molecule has 2 heterocycles. The van der Waals surface area contributed by atoms with Gasteiger partial charge in [0.25, 0.3) is 0 Å². The van der Waals surface area contributed by atoms with Gasteiger partial charge >= 0.3 is 5.97 Å². The zero-order valence-electron chi connectivity index (χ0n) is 13.8. The van der Waals surface area contributed by atoms with Gasteiger partial charge in [0.1, 0.15) is 10.6 Å². The van der Waals surface area contributed by atoms with Gasteiger partial charge in [-0.2, -0.15) is 5.10 Å². The van der Waals surface area contributed by atoms with E-state index in [0.717, 1.165) is 0 Å². The highest BCUT2D eigenvalue weighted by Crippen LogP contribution is 2.19. The fraction of sp³-hybridized carbons (Fsp3) is 0.400. The van der Waals surface area contributed by atoms with Crippen molar-refractivity contribution < 1.29 is 18.3 Å². The predicted molar refractivity (Wildman–Crippen MR) is 87.5 cm³/mol. The summed E-state index contributed by atoms with van der Waals surface area (Å²) in [4.78, 5) is 15.1. The van der Waals surface area contributed by atoms with E-state index in [1.165, 1.54) is 6.07 Å². The Morgan fingerprint density at radius 1 is 1.33 bits per heavy atom. The summed E-state index contributed by atoms with van der Waals surface area (Å²) in [5.74, 6) is -1.12. The number of carboxylic acids is 1. The van der Waals surface area contributed by atoms with Crippen LogP contribution in [0, 0.1) is 13.8 Å². The number of carboxylic acid groups (broad SMARTS) is 1. The van der Waals surface area contributed by atoms with E-state index in [0.29, 0.717) is 30.0 Å². The van der Waals surface area contributed by atoms with Crippen LogP contribution in [0.25, 0.3) is 0 Å². The van der Waals surface area contributed by atoms with E-state index in [4.69, 9.17) is 5.11 Å². The number of aryl methyl sites for hydroxylation is 2. The maximum absolute atomic E-state index is 12.5. The minimum atomic E-state index is -3.68. The molecule has 0 atom stereocenters. The third kappa shape index (κ3) is 3.80. The molecule has 0 fully saturated rings. The lowest BCUT2D eigenvalue weighted by atomic mass is 10.2. The second-order valence-electron chi connectivity index (χ2n) is 5.28. The Morgan fingerprint density at radius 2 is 2.04 bits per heavy atom. The summed E-state index contributed by atoms with van der Waals surface area (Å²) in [7, 11) is -3.68. The van der Waals surface area contributed by atoms with Crippen LogP contribution in [0.5, 0.6) is 0 Å². The summed E-state index contributed by atoms with van der Waals surface area (Å²) >= 11 is 0. The van der Waals surface area contributed by atoms with E-state index in [2.05, 4.69) is 14.8 Å². The molecule has 24 heavy (non-hydrogen) atoms. The summed E-state index contributed by atoms with van der Waals surface area (Å²) < 4.78 is 29.1. The molecule has 9 heteroatoms. The second-order valence-corrected chi connectivity index (χ2v) is 6.99. The largest absolute Gasteiger partial charge is 0.477 e. The molecule has 8 nitrogen and oxygen atoms in total.